The summed E-state index contributed by atoms with van der Waals surface area (Å²) in [7, 11) is 0. The average molecular weight is 399 g/mol. The van der Waals surface area contributed by atoms with Crippen LogP contribution < -0.4 is 15.0 Å². The van der Waals surface area contributed by atoms with Gasteiger partial charge < -0.3 is 14.6 Å². The summed E-state index contributed by atoms with van der Waals surface area (Å²) in [6, 6.07) is 6.96. The molecule has 1 saturated heterocycles. The number of anilines is 1. The summed E-state index contributed by atoms with van der Waals surface area (Å²) in [5.41, 5.74) is 0.567. The number of carbonyl (C=O) groups excluding carboxylic acids is 2. The van der Waals surface area contributed by atoms with Gasteiger partial charge in [-0.3, -0.25) is 19.5 Å². The third kappa shape index (κ3) is 4.61. The first-order valence-electron chi connectivity index (χ1n) is 8.97. The van der Waals surface area contributed by atoms with Crippen LogP contribution in [0, 0.1) is 5.92 Å². The number of aliphatic imine (C=N–C) groups is 1. The molecule has 2 amide bonds. The Morgan fingerprint density at radius 3 is 2.79 bits per heavy atom. The molecule has 28 heavy (non-hydrogen) atoms. The molecule has 2 aromatic rings. The Kier molecular flexibility index (Phi) is 6.49. The number of aryl methyl sites for hydroxylation is 1. The molecule has 1 aliphatic rings. The van der Waals surface area contributed by atoms with Gasteiger partial charge in [0, 0.05) is 31.7 Å². The highest BCUT2D eigenvalue weighted by molar-refractivity contribution is 7.80. The third-order valence-corrected chi connectivity index (χ3v) is 4.41. The zero-order chi connectivity index (χ0) is 19.9. The van der Waals surface area contributed by atoms with Gasteiger partial charge in [0.05, 0.1) is 18.6 Å². The van der Waals surface area contributed by atoms with E-state index in [9.17, 15) is 9.59 Å². The summed E-state index contributed by atoms with van der Waals surface area (Å²) < 4.78 is 7.35. The van der Waals surface area contributed by atoms with Gasteiger partial charge in [-0.2, -0.15) is 0 Å². The van der Waals surface area contributed by atoms with Gasteiger partial charge in [-0.25, -0.2) is 4.98 Å². The highest BCUT2D eigenvalue weighted by Gasteiger charge is 2.38. The summed E-state index contributed by atoms with van der Waals surface area (Å²) in [5.74, 6) is -1.19. The molecular weight excluding hydrogens is 378 g/mol. The molecule has 1 atom stereocenters. The van der Waals surface area contributed by atoms with Crippen LogP contribution in [0.2, 0.25) is 0 Å². The van der Waals surface area contributed by atoms with Gasteiger partial charge in [0.1, 0.15) is 5.75 Å². The van der Waals surface area contributed by atoms with Gasteiger partial charge in [-0.15, -0.1) is 0 Å². The predicted molar refractivity (Wildman–Crippen MR) is 110 cm³/mol. The molecule has 0 saturated carbocycles. The number of nitrogens with one attached hydrogen (secondary N) is 1. The standard InChI is InChI=1S/C19H21N5O3S/c1-2-27-15-6-4-14(5-7-15)24-18(26)16(17(25)22-19(24)28)12-20-8-3-10-23-11-9-21-13-23/h4-7,9,11-13,16H,2-3,8,10H2,1H3,(H,22,25,28)/t16-/m1/s1. The molecule has 1 N–H and O–H groups in total. The number of hydrogen-bond acceptors (Lipinski definition) is 6. The van der Waals surface area contributed by atoms with E-state index in [1.807, 2.05) is 17.7 Å². The molecule has 1 aliphatic heterocycles. The SMILES string of the molecule is CCOc1ccc(N2C(=O)[C@H](C=NCCCn3ccnc3)C(=O)NC2=S)cc1. The van der Waals surface area contributed by atoms with E-state index in [1.54, 1.807) is 36.8 Å². The Labute approximate surface area is 168 Å². The van der Waals surface area contributed by atoms with Crippen molar-refractivity contribution in [3.63, 3.8) is 0 Å². The van der Waals surface area contributed by atoms with Crippen LogP contribution in [0.1, 0.15) is 13.3 Å². The van der Waals surface area contributed by atoms with Crippen molar-refractivity contribution in [2.75, 3.05) is 18.1 Å². The van der Waals surface area contributed by atoms with Gasteiger partial charge in [0.15, 0.2) is 11.0 Å². The molecule has 0 aliphatic carbocycles. The van der Waals surface area contributed by atoms with E-state index in [4.69, 9.17) is 17.0 Å². The number of carbonyl (C=O) groups is 2. The topological polar surface area (TPSA) is 88.8 Å². The smallest absolute Gasteiger partial charge is 0.251 e. The number of benzene rings is 1. The van der Waals surface area contributed by atoms with E-state index in [0.717, 1.165) is 13.0 Å². The van der Waals surface area contributed by atoms with Gasteiger partial charge in [-0.1, -0.05) is 0 Å². The first-order valence-corrected chi connectivity index (χ1v) is 9.38. The first kappa shape index (κ1) is 19.7. The van der Waals surface area contributed by atoms with Crippen LogP contribution in [0.3, 0.4) is 0 Å². The minimum Gasteiger partial charge on any atom is -0.494 e. The van der Waals surface area contributed by atoms with E-state index in [1.165, 1.54) is 11.1 Å². The zero-order valence-corrected chi connectivity index (χ0v) is 16.3. The summed E-state index contributed by atoms with van der Waals surface area (Å²) in [6.45, 7) is 3.72. The molecule has 0 radical (unpaired) electrons. The van der Waals surface area contributed by atoms with E-state index >= 15 is 0 Å². The average Bonchev–Trinajstić information content (AvgIpc) is 3.19. The molecule has 1 aromatic carbocycles. The number of imidazole rings is 1. The lowest BCUT2D eigenvalue weighted by molar-refractivity contribution is -0.130. The van der Waals surface area contributed by atoms with Crippen molar-refractivity contribution in [3.05, 3.63) is 43.0 Å². The van der Waals surface area contributed by atoms with Gasteiger partial charge in [0.2, 0.25) is 5.91 Å². The molecular formula is C19H21N5O3S. The molecule has 0 spiro atoms. The minimum atomic E-state index is -1.01. The molecule has 2 heterocycles. The molecule has 9 heteroatoms. The number of aromatic nitrogens is 2. The second-order valence-electron chi connectivity index (χ2n) is 6.08. The fourth-order valence-electron chi connectivity index (χ4n) is 2.77. The largest absolute Gasteiger partial charge is 0.494 e. The normalized spacial score (nSPS) is 17.2. The number of rotatable bonds is 8. The maximum Gasteiger partial charge on any atom is 0.251 e. The van der Waals surface area contributed by atoms with E-state index in [2.05, 4.69) is 15.3 Å². The van der Waals surface area contributed by atoms with Crippen LogP contribution >= 0.6 is 12.2 Å². The zero-order valence-electron chi connectivity index (χ0n) is 15.4. The highest BCUT2D eigenvalue weighted by atomic mass is 32.1. The minimum absolute atomic E-state index is 0.0592. The van der Waals surface area contributed by atoms with Crippen molar-refractivity contribution in [1.82, 2.24) is 14.9 Å². The van der Waals surface area contributed by atoms with Crippen molar-refractivity contribution >= 4 is 41.0 Å². The van der Waals surface area contributed by atoms with Crippen LogP contribution in [0.15, 0.2) is 48.0 Å². The fraction of sp³-hybridized carbons (Fsp3) is 0.316. The number of amides is 2. The Hall–Kier alpha value is -3.07. The molecule has 146 valence electrons. The molecule has 0 unspecified atom stereocenters. The maximum atomic E-state index is 12.9. The molecule has 8 nitrogen and oxygen atoms in total. The summed E-state index contributed by atoms with van der Waals surface area (Å²) in [4.78, 5) is 34.6. The maximum absolute atomic E-state index is 12.9. The third-order valence-electron chi connectivity index (χ3n) is 4.13. The Bertz CT molecular complexity index is 864. The van der Waals surface area contributed by atoms with Crippen molar-refractivity contribution in [2.24, 2.45) is 10.9 Å². The monoisotopic (exact) mass is 399 g/mol. The van der Waals surface area contributed by atoms with Crippen LogP contribution in [0.25, 0.3) is 0 Å². The lowest BCUT2D eigenvalue weighted by Gasteiger charge is -2.31. The number of hydrogen-bond donors (Lipinski definition) is 1. The van der Waals surface area contributed by atoms with Crippen molar-refractivity contribution in [3.8, 4) is 5.75 Å². The molecule has 0 bridgehead atoms. The lowest BCUT2D eigenvalue weighted by atomic mass is 10.1. The second kappa shape index (κ2) is 9.23. The van der Waals surface area contributed by atoms with Crippen molar-refractivity contribution < 1.29 is 14.3 Å². The predicted octanol–water partition coefficient (Wildman–Crippen LogP) is 1.81. The van der Waals surface area contributed by atoms with E-state index < -0.39 is 17.7 Å². The second-order valence-corrected chi connectivity index (χ2v) is 6.47. The number of ether oxygens (including phenoxy) is 1. The Morgan fingerprint density at radius 2 is 2.11 bits per heavy atom. The van der Waals surface area contributed by atoms with Gasteiger partial charge >= 0.3 is 0 Å². The molecule has 1 fully saturated rings. The summed E-state index contributed by atoms with van der Waals surface area (Å²) in [6.07, 6.45) is 7.49. The summed E-state index contributed by atoms with van der Waals surface area (Å²) >= 11 is 5.19. The lowest BCUT2D eigenvalue weighted by Crippen LogP contribution is -2.58. The first-order chi connectivity index (χ1) is 13.6. The van der Waals surface area contributed by atoms with Crippen LogP contribution in [-0.4, -0.2) is 45.8 Å². The van der Waals surface area contributed by atoms with Gasteiger partial charge in [-0.05, 0) is 49.8 Å². The van der Waals surface area contributed by atoms with E-state index in [0.29, 0.717) is 24.6 Å². The molecule has 1 aromatic heterocycles. The van der Waals surface area contributed by atoms with Gasteiger partial charge in [0.25, 0.3) is 5.91 Å². The quantitative estimate of drug-likeness (QED) is 0.317. The van der Waals surface area contributed by atoms with Crippen molar-refractivity contribution in [2.45, 2.75) is 19.9 Å². The number of nitrogens with zero attached hydrogens (tertiary/aromatic N) is 4. The Morgan fingerprint density at radius 1 is 1.32 bits per heavy atom. The van der Waals surface area contributed by atoms with Crippen LogP contribution in [-0.2, 0) is 16.1 Å². The van der Waals surface area contributed by atoms with Crippen molar-refractivity contribution in [1.29, 1.82) is 0 Å². The van der Waals surface area contributed by atoms with Crippen LogP contribution in [0.4, 0.5) is 5.69 Å². The highest BCUT2D eigenvalue weighted by Crippen LogP contribution is 2.23. The number of thiocarbonyl (C=S) groups is 1. The summed E-state index contributed by atoms with van der Waals surface area (Å²) in [5, 5.41) is 2.63. The molecule has 3 rings (SSSR count). The van der Waals surface area contributed by atoms with Crippen LogP contribution in [0.5, 0.6) is 5.75 Å². The Balaban J connectivity index is 1.64. The fourth-order valence-corrected chi connectivity index (χ4v) is 3.06. The van der Waals surface area contributed by atoms with E-state index in [-0.39, 0.29) is 5.11 Å².